The van der Waals surface area contributed by atoms with Gasteiger partial charge in [-0.1, -0.05) is 24.3 Å². The van der Waals surface area contributed by atoms with Crippen LogP contribution in [0.1, 0.15) is 30.3 Å². The Bertz CT molecular complexity index is 1100. The Hall–Kier alpha value is -3.06. The van der Waals surface area contributed by atoms with Crippen molar-refractivity contribution in [1.82, 2.24) is 19.8 Å². The largest absolute Gasteiger partial charge is 0.369 e. The van der Waals surface area contributed by atoms with E-state index < -0.39 is 0 Å². The van der Waals surface area contributed by atoms with Crippen molar-refractivity contribution in [2.45, 2.75) is 29.9 Å². The highest BCUT2D eigenvalue weighted by atomic mass is 32.2. The fourth-order valence-corrected chi connectivity index (χ4v) is 4.86. The molecule has 4 N–H and O–H groups in total. The Morgan fingerprint density at radius 2 is 2.12 bits per heavy atom. The number of para-hydroxylation sites is 2. The van der Waals surface area contributed by atoms with E-state index in [4.69, 9.17) is 26.1 Å². The number of H-pyrrole nitrogens is 1. The maximum absolute atomic E-state index is 9.08. The average Bonchev–Trinajstić information content (AvgIpc) is 3.25. The number of nitrogens with zero attached hydrogens (tertiary/aromatic N) is 4. The SMILES string of the molecule is CN1CCC(OC(c2cccc(SCCN(C#N)C(=N)N)c2)c2nc3ccccc3[nH]2)CC1. The van der Waals surface area contributed by atoms with E-state index in [-0.39, 0.29) is 18.2 Å². The van der Waals surface area contributed by atoms with Gasteiger partial charge in [0.25, 0.3) is 0 Å². The summed E-state index contributed by atoms with van der Waals surface area (Å²) in [6, 6.07) is 16.3. The number of fused-ring (bicyclic) bond motifs is 1. The number of imidazole rings is 1. The number of hydrogen-bond acceptors (Lipinski definition) is 6. The molecule has 33 heavy (non-hydrogen) atoms. The molecule has 0 radical (unpaired) electrons. The van der Waals surface area contributed by atoms with Gasteiger partial charge in [-0.05, 0) is 49.7 Å². The number of thioether (sulfide) groups is 1. The molecule has 1 aromatic heterocycles. The molecular weight excluding hydrogens is 434 g/mol. The number of piperidine rings is 1. The number of rotatable bonds is 8. The number of aromatic nitrogens is 2. The van der Waals surface area contributed by atoms with Crippen molar-refractivity contribution in [3.8, 4) is 6.19 Å². The van der Waals surface area contributed by atoms with Gasteiger partial charge in [-0.2, -0.15) is 5.26 Å². The lowest BCUT2D eigenvalue weighted by molar-refractivity contribution is -0.0264. The monoisotopic (exact) mass is 463 g/mol. The summed E-state index contributed by atoms with van der Waals surface area (Å²) in [5.74, 6) is 1.22. The van der Waals surface area contributed by atoms with Crippen molar-refractivity contribution >= 4 is 28.8 Å². The van der Waals surface area contributed by atoms with Crippen LogP contribution in [0.3, 0.4) is 0 Å². The van der Waals surface area contributed by atoms with Crippen molar-refractivity contribution in [1.29, 1.82) is 10.7 Å². The Balaban J connectivity index is 1.55. The molecule has 1 unspecified atom stereocenters. The fraction of sp³-hybridized carbons (Fsp3) is 0.375. The molecule has 4 rings (SSSR count). The van der Waals surface area contributed by atoms with Gasteiger partial charge in [0.2, 0.25) is 5.96 Å². The first-order valence-electron chi connectivity index (χ1n) is 11.1. The van der Waals surface area contributed by atoms with E-state index in [9.17, 15) is 0 Å². The molecule has 0 spiro atoms. The van der Waals surface area contributed by atoms with Crippen molar-refractivity contribution in [3.63, 3.8) is 0 Å². The standard InChI is InChI=1S/C24H29N7OS/c1-30-11-9-18(10-12-30)32-22(23-28-20-7-2-3-8-21(20)29-23)17-5-4-6-19(15-17)33-14-13-31(16-25)24(26)27/h2-8,15,18,22H,9-14H2,1H3,(H3,26,27)(H,28,29). The molecule has 0 bridgehead atoms. The second-order valence-corrected chi connectivity index (χ2v) is 9.38. The van der Waals surface area contributed by atoms with Crippen LogP contribution in [0.4, 0.5) is 0 Å². The molecule has 9 heteroatoms. The number of likely N-dealkylation sites (tertiary alicyclic amines) is 1. The number of aromatic amines is 1. The summed E-state index contributed by atoms with van der Waals surface area (Å²) in [7, 11) is 2.15. The van der Waals surface area contributed by atoms with E-state index in [1.54, 1.807) is 11.8 Å². The van der Waals surface area contributed by atoms with Crippen LogP contribution in [0.5, 0.6) is 0 Å². The summed E-state index contributed by atoms with van der Waals surface area (Å²) < 4.78 is 6.66. The molecule has 1 atom stereocenters. The van der Waals surface area contributed by atoms with Crippen molar-refractivity contribution in [2.75, 3.05) is 32.4 Å². The van der Waals surface area contributed by atoms with E-state index in [2.05, 4.69) is 29.1 Å². The highest BCUT2D eigenvalue weighted by molar-refractivity contribution is 7.99. The number of ether oxygens (including phenoxy) is 1. The average molecular weight is 464 g/mol. The normalized spacial score (nSPS) is 15.9. The lowest BCUT2D eigenvalue weighted by atomic mass is 10.1. The van der Waals surface area contributed by atoms with Gasteiger partial charge in [-0.3, -0.25) is 5.41 Å². The first kappa shape index (κ1) is 23.1. The molecule has 2 aromatic carbocycles. The summed E-state index contributed by atoms with van der Waals surface area (Å²) in [5, 5.41) is 16.5. The van der Waals surface area contributed by atoms with Crippen LogP contribution in [0.15, 0.2) is 53.4 Å². The molecule has 172 valence electrons. The third-order valence-corrected chi connectivity index (χ3v) is 6.78. The topological polar surface area (TPSA) is 118 Å². The zero-order valence-corrected chi connectivity index (χ0v) is 19.5. The van der Waals surface area contributed by atoms with Crippen LogP contribution in [0.25, 0.3) is 11.0 Å². The smallest absolute Gasteiger partial charge is 0.201 e. The van der Waals surface area contributed by atoms with Crippen molar-refractivity contribution in [2.24, 2.45) is 5.73 Å². The van der Waals surface area contributed by atoms with Gasteiger partial charge >= 0.3 is 0 Å². The first-order valence-corrected chi connectivity index (χ1v) is 12.0. The summed E-state index contributed by atoms with van der Waals surface area (Å²) >= 11 is 1.62. The molecule has 0 amide bonds. The minimum absolute atomic E-state index is 0.176. The predicted molar refractivity (Wildman–Crippen MR) is 131 cm³/mol. The summed E-state index contributed by atoms with van der Waals surface area (Å²) in [6.45, 7) is 2.44. The molecule has 1 saturated heterocycles. The van der Waals surface area contributed by atoms with Gasteiger partial charge in [0.1, 0.15) is 11.9 Å². The van der Waals surface area contributed by atoms with E-state index in [1.807, 2.05) is 42.6 Å². The molecule has 3 aromatic rings. The van der Waals surface area contributed by atoms with E-state index >= 15 is 0 Å². The third kappa shape index (κ3) is 5.85. The molecular formula is C24H29N7OS. The van der Waals surface area contributed by atoms with Gasteiger partial charge in [-0.25, -0.2) is 9.88 Å². The zero-order chi connectivity index (χ0) is 23.2. The van der Waals surface area contributed by atoms with Gasteiger partial charge in [-0.15, -0.1) is 11.8 Å². The van der Waals surface area contributed by atoms with E-state index in [0.717, 1.165) is 53.2 Å². The van der Waals surface area contributed by atoms with E-state index in [0.29, 0.717) is 12.3 Å². The summed E-state index contributed by atoms with van der Waals surface area (Å²) in [4.78, 5) is 12.9. The van der Waals surface area contributed by atoms with Crippen LogP contribution in [-0.2, 0) is 4.74 Å². The zero-order valence-electron chi connectivity index (χ0n) is 18.7. The highest BCUT2D eigenvalue weighted by Gasteiger charge is 2.26. The summed E-state index contributed by atoms with van der Waals surface area (Å²) in [5.41, 5.74) is 8.40. The molecule has 1 aliphatic rings. The maximum atomic E-state index is 9.08. The fourth-order valence-electron chi connectivity index (χ4n) is 3.96. The summed E-state index contributed by atoms with van der Waals surface area (Å²) in [6.07, 6.45) is 3.81. The first-order chi connectivity index (χ1) is 16.0. The number of guanidine groups is 1. The maximum Gasteiger partial charge on any atom is 0.201 e. The van der Waals surface area contributed by atoms with Gasteiger partial charge in [0, 0.05) is 30.3 Å². The molecule has 1 aliphatic heterocycles. The Morgan fingerprint density at radius 3 is 2.85 bits per heavy atom. The highest BCUT2D eigenvalue weighted by Crippen LogP contribution is 2.32. The van der Waals surface area contributed by atoms with Gasteiger partial charge < -0.3 is 20.4 Å². The lowest BCUT2D eigenvalue weighted by Crippen LogP contribution is -2.35. The van der Waals surface area contributed by atoms with Crippen molar-refractivity contribution < 1.29 is 4.74 Å². The molecule has 2 heterocycles. The Morgan fingerprint density at radius 1 is 1.33 bits per heavy atom. The quantitative estimate of drug-likeness (QED) is 0.154. The Kier molecular flexibility index (Phi) is 7.50. The second-order valence-electron chi connectivity index (χ2n) is 8.22. The van der Waals surface area contributed by atoms with Crippen LogP contribution in [0.2, 0.25) is 0 Å². The van der Waals surface area contributed by atoms with Crippen LogP contribution in [0, 0.1) is 16.9 Å². The number of hydrogen-bond donors (Lipinski definition) is 3. The minimum Gasteiger partial charge on any atom is -0.369 e. The predicted octanol–water partition coefficient (Wildman–Crippen LogP) is 3.53. The second kappa shape index (κ2) is 10.7. The van der Waals surface area contributed by atoms with E-state index in [1.165, 1.54) is 4.90 Å². The number of benzene rings is 2. The van der Waals surface area contributed by atoms with Gasteiger partial charge in [0.15, 0.2) is 6.19 Å². The van der Waals surface area contributed by atoms with Crippen LogP contribution in [-0.4, -0.2) is 64.3 Å². The number of nitrogens with one attached hydrogen (secondary N) is 2. The number of nitriles is 1. The molecule has 1 fully saturated rings. The number of nitrogens with two attached hydrogens (primary N) is 1. The lowest BCUT2D eigenvalue weighted by Gasteiger charge is -2.31. The van der Waals surface area contributed by atoms with Gasteiger partial charge in [0.05, 0.1) is 17.1 Å². The molecule has 0 aliphatic carbocycles. The van der Waals surface area contributed by atoms with Crippen LogP contribution < -0.4 is 5.73 Å². The minimum atomic E-state index is -0.292. The third-order valence-electron chi connectivity index (χ3n) is 5.81. The molecule has 0 saturated carbocycles. The van der Waals surface area contributed by atoms with Crippen LogP contribution >= 0.6 is 11.8 Å². The molecule has 8 nitrogen and oxygen atoms in total. The van der Waals surface area contributed by atoms with Crippen molar-refractivity contribution in [3.05, 3.63) is 59.9 Å². The Labute approximate surface area is 198 Å².